The zero-order chi connectivity index (χ0) is 15.5. The molecule has 2 heterocycles. The first-order chi connectivity index (χ1) is 10.7. The van der Waals surface area contributed by atoms with Gasteiger partial charge in [0.1, 0.15) is 0 Å². The predicted octanol–water partition coefficient (Wildman–Crippen LogP) is 2.46. The third-order valence-corrected chi connectivity index (χ3v) is 5.06. The standard InChI is InChI=1S/C18H27N3O.ClH/c1-14-9-10-15-6-3-4-8-17(15)21(14)18(22)13-20-11-5-7-16(12-20)19-2;/h3-4,6,8,14,16,19H,5,7,9-13H2,1-2H3;1H. The molecule has 1 fully saturated rings. The number of halogens is 1. The fourth-order valence-electron chi connectivity index (χ4n) is 3.77. The molecule has 2 aliphatic heterocycles. The van der Waals surface area contributed by atoms with Crippen LogP contribution < -0.4 is 10.2 Å². The Kier molecular flexibility index (Phi) is 6.45. The Morgan fingerprint density at radius 3 is 2.87 bits per heavy atom. The number of piperidine rings is 1. The van der Waals surface area contributed by atoms with E-state index in [0.29, 0.717) is 18.6 Å². The molecule has 4 nitrogen and oxygen atoms in total. The maximum Gasteiger partial charge on any atom is 0.241 e. The lowest BCUT2D eigenvalue weighted by atomic mass is 9.96. The number of anilines is 1. The minimum absolute atomic E-state index is 0. The largest absolute Gasteiger partial charge is 0.316 e. The molecule has 3 rings (SSSR count). The van der Waals surface area contributed by atoms with Gasteiger partial charge in [-0.2, -0.15) is 0 Å². The van der Waals surface area contributed by atoms with Gasteiger partial charge in [0.15, 0.2) is 0 Å². The number of rotatable bonds is 3. The Hall–Kier alpha value is -1.10. The first-order valence-electron chi connectivity index (χ1n) is 8.48. The van der Waals surface area contributed by atoms with Crippen LogP contribution in [-0.4, -0.2) is 49.6 Å². The Morgan fingerprint density at radius 2 is 2.09 bits per heavy atom. The van der Waals surface area contributed by atoms with Gasteiger partial charge in [-0.3, -0.25) is 9.69 Å². The normalized spacial score (nSPS) is 24.7. The number of hydrogen-bond acceptors (Lipinski definition) is 3. The summed E-state index contributed by atoms with van der Waals surface area (Å²) in [6, 6.07) is 9.17. The summed E-state index contributed by atoms with van der Waals surface area (Å²) in [4.78, 5) is 17.2. The number of carbonyl (C=O) groups excluding carboxylic acids is 1. The molecule has 23 heavy (non-hydrogen) atoms. The minimum Gasteiger partial charge on any atom is -0.316 e. The van der Waals surface area contributed by atoms with Crippen LogP contribution in [0, 0.1) is 0 Å². The van der Waals surface area contributed by atoms with Gasteiger partial charge in [0, 0.05) is 24.3 Å². The van der Waals surface area contributed by atoms with E-state index in [2.05, 4.69) is 35.3 Å². The van der Waals surface area contributed by atoms with Crippen molar-refractivity contribution in [3.8, 4) is 0 Å². The summed E-state index contributed by atoms with van der Waals surface area (Å²) in [5.41, 5.74) is 2.43. The number of fused-ring (bicyclic) bond motifs is 1. The van der Waals surface area contributed by atoms with Crippen molar-refractivity contribution in [1.82, 2.24) is 10.2 Å². The zero-order valence-corrected chi connectivity index (χ0v) is 14.9. The van der Waals surface area contributed by atoms with Crippen molar-refractivity contribution < 1.29 is 4.79 Å². The van der Waals surface area contributed by atoms with Gasteiger partial charge in [-0.15, -0.1) is 12.4 Å². The van der Waals surface area contributed by atoms with Gasteiger partial charge in [-0.1, -0.05) is 18.2 Å². The van der Waals surface area contributed by atoms with Crippen molar-refractivity contribution in [2.75, 3.05) is 31.6 Å². The number of likely N-dealkylation sites (tertiary alicyclic amines) is 1. The van der Waals surface area contributed by atoms with Gasteiger partial charge in [0.2, 0.25) is 5.91 Å². The van der Waals surface area contributed by atoms with Crippen molar-refractivity contribution in [3.05, 3.63) is 29.8 Å². The van der Waals surface area contributed by atoms with E-state index in [4.69, 9.17) is 0 Å². The van der Waals surface area contributed by atoms with E-state index in [1.165, 1.54) is 18.4 Å². The predicted molar refractivity (Wildman–Crippen MR) is 97.5 cm³/mol. The molecule has 0 spiro atoms. The second-order valence-electron chi connectivity index (χ2n) is 6.64. The van der Waals surface area contributed by atoms with Crippen molar-refractivity contribution in [1.29, 1.82) is 0 Å². The Morgan fingerprint density at radius 1 is 1.30 bits per heavy atom. The lowest BCUT2D eigenvalue weighted by Gasteiger charge is -2.38. The number of hydrogen-bond donors (Lipinski definition) is 1. The van der Waals surface area contributed by atoms with Crippen LogP contribution >= 0.6 is 12.4 Å². The molecule has 0 aromatic heterocycles. The van der Waals surface area contributed by atoms with E-state index in [9.17, 15) is 4.79 Å². The molecule has 1 N–H and O–H groups in total. The molecule has 5 heteroatoms. The van der Waals surface area contributed by atoms with Crippen LogP contribution in [0.3, 0.4) is 0 Å². The summed E-state index contributed by atoms with van der Waals surface area (Å²) in [6.45, 7) is 4.72. The van der Waals surface area contributed by atoms with Gasteiger partial charge in [0.05, 0.1) is 6.54 Å². The first-order valence-corrected chi connectivity index (χ1v) is 8.48. The van der Waals surface area contributed by atoms with Gasteiger partial charge in [-0.25, -0.2) is 0 Å². The van der Waals surface area contributed by atoms with E-state index in [1.807, 2.05) is 18.0 Å². The van der Waals surface area contributed by atoms with Crippen LogP contribution in [0.1, 0.15) is 31.7 Å². The number of nitrogens with one attached hydrogen (secondary N) is 1. The Balaban J connectivity index is 0.00000192. The van der Waals surface area contributed by atoms with Crippen molar-refractivity contribution >= 4 is 24.0 Å². The number of carbonyl (C=O) groups is 1. The summed E-state index contributed by atoms with van der Waals surface area (Å²) in [6.07, 6.45) is 4.52. The molecule has 0 bridgehead atoms. The van der Waals surface area contributed by atoms with Crippen molar-refractivity contribution in [2.45, 2.75) is 44.7 Å². The quantitative estimate of drug-likeness (QED) is 0.920. The highest BCUT2D eigenvalue weighted by molar-refractivity contribution is 5.96. The lowest BCUT2D eigenvalue weighted by molar-refractivity contribution is -0.120. The van der Waals surface area contributed by atoms with Gasteiger partial charge in [-0.05, 0) is 57.8 Å². The molecule has 0 aliphatic carbocycles. The first kappa shape index (κ1) is 18.2. The summed E-state index contributed by atoms with van der Waals surface area (Å²) >= 11 is 0. The van der Waals surface area contributed by atoms with Crippen LogP contribution in [0.25, 0.3) is 0 Å². The SMILES string of the molecule is CNC1CCCN(CC(=O)N2c3ccccc3CCC2C)C1.Cl. The van der Waals surface area contributed by atoms with Gasteiger partial charge in [0.25, 0.3) is 0 Å². The van der Waals surface area contributed by atoms with Gasteiger partial charge < -0.3 is 10.2 Å². The number of nitrogens with zero attached hydrogens (tertiary/aromatic N) is 2. The average Bonchev–Trinajstić information content (AvgIpc) is 2.54. The Labute approximate surface area is 145 Å². The number of likely N-dealkylation sites (N-methyl/N-ethyl adjacent to an activating group) is 1. The summed E-state index contributed by atoms with van der Waals surface area (Å²) in [5, 5.41) is 3.34. The number of para-hydroxylation sites is 1. The molecule has 128 valence electrons. The molecule has 1 amide bonds. The van der Waals surface area contributed by atoms with Crippen LogP contribution in [-0.2, 0) is 11.2 Å². The summed E-state index contributed by atoms with van der Waals surface area (Å²) in [5.74, 6) is 0.247. The van der Waals surface area contributed by atoms with E-state index < -0.39 is 0 Å². The second-order valence-corrected chi connectivity index (χ2v) is 6.64. The maximum absolute atomic E-state index is 12.9. The molecule has 2 atom stereocenters. The van der Waals surface area contributed by atoms with E-state index in [0.717, 1.165) is 31.6 Å². The van der Waals surface area contributed by atoms with Crippen LogP contribution in [0.4, 0.5) is 5.69 Å². The van der Waals surface area contributed by atoms with Crippen molar-refractivity contribution in [2.24, 2.45) is 0 Å². The molecule has 2 unspecified atom stereocenters. The van der Waals surface area contributed by atoms with E-state index in [-0.39, 0.29) is 18.3 Å². The maximum atomic E-state index is 12.9. The fraction of sp³-hybridized carbons (Fsp3) is 0.611. The monoisotopic (exact) mass is 337 g/mol. The highest BCUT2D eigenvalue weighted by atomic mass is 35.5. The molecule has 0 radical (unpaired) electrons. The second kappa shape index (κ2) is 8.13. The lowest BCUT2D eigenvalue weighted by Crippen LogP contribution is -2.51. The molecular weight excluding hydrogens is 310 g/mol. The van der Waals surface area contributed by atoms with Crippen LogP contribution in [0.15, 0.2) is 24.3 Å². The number of benzene rings is 1. The highest BCUT2D eigenvalue weighted by Crippen LogP contribution is 2.30. The molecule has 1 saturated heterocycles. The topological polar surface area (TPSA) is 35.6 Å². The average molecular weight is 338 g/mol. The van der Waals surface area contributed by atoms with Gasteiger partial charge >= 0.3 is 0 Å². The van der Waals surface area contributed by atoms with Crippen LogP contribution in [0.2, 0.25) is 0 Å². The third-order valence-electron chi connectivity index (χ3n) is 5.06. The smallest absolute Gasteiger partial charge is 0.241 e. The molecule has 2 aliphatic rings. The third kappa shape index (κ3) is 4.06. The minimum atomic E-state index is 0. The van der Waals surface area contributed by atoms with E-state index in [1.54, 1.807) is 0 Å². The number of aryl methyl sites for hydroxylation is 1. The Bertz CT molecular complexity index is 537. The highest BCUT2D eigenvalue weighted by Gasteiger charge is 2.30. The van der Waals surface area contributed by atoms with E-state index >= 15 is 0 Å². The number of amides is 1. The zero-order valence-electron chi connectivity index (χ0n) is 14.1. The molecular formula is C18H28ClN3O. The summed E-state index contributed by atoms with van der Waals surface area (Å²) in [7, 11) is 2.01. The van der Waals surface area contributed by atoms with Crippen LogP contribution in [0.5, 0.6) is 0 Å². The summed E-state index contributed by atoms with van der Waals surface area (Å²) < 4.78 is 0. The molecule has 0 saturated carbocycles. The van der Waals surface area contributed by atoms with Crippen molar-refractivity contribution in [3.63, 3.8) is 0 Å². The fourth-order valence-corrected chi connectivity index (χ4v) is 3.77. The molecule has 1 aromatic carbocycles. The molecule has 1 aromatic rings.